The fourth-order valence-corrected chi connectivity index (χ4v) is 1.71. The normalized spacial score (nSPS) is 11.5. The molecule has 0 bridgehead atoms. The molecule has 0 heterocycles. The van der Waals surface area contributed by atoms with Gasteiger partial charge in [0.2, 0.25) is 0 Å². The number of hydrogen-bond donors (Lipinski definition) is 2. The molecule has 0 saturated heterocycles. The van der Waals surface area contributed by atoms with E-state index in [2.05, 4.69) is 65.5 Å². The molecule has 1 aromatic carbocycles. The SMILES string of the molecule is CNC(C)(C)CNc1ccc(Br)cc1C. The Balaban J connectivity index is 2.66. The number of nitrogens with one attached hydrogen (secondary N) is 2. The molecule has 2 N–H and O–H groups in total. The highest BCUT2D eigenvalue weighted by Crippen LogP contribution is 2.20. The van der Waals surface area contributed by atoms with E-state index >= 15 is 0 Å². The Morgan fingerprint density at radius 3 is 2.53 bits per heavy atom. The van der Waals surface area contributed by atoms with Crippen LogP contribution in [-0.2, 0) is 0 Å². The monoisotopic (exact) mass is 270 g/mol. The number of halogens is 1. The molecule has 0 spiro atoms. The van der Waals surface area contributed by atoms with Gasteiger partial charge in [-0.15, -0.1) is 0 Å². The van der Waals surface area contributed by atoms with E-state index in [4.69, 9.17) is 0 Å². The summed E-state index contributed by atoms with van der Waals surface area (Å²) in [4.78, 5) is 0. The number of aryl methyl sites for hydroxylation is 1. The van der Waals surface area contributed by atoms with Crippen molar-refractivity contribution >= 4 is 21.6 Å². The van der Waals surface area contributed by atoms with Gasteiger partial charge in [-0.2, -0.15) is 0 Å². The standard InChI is InChI=1S/C12H19BrN2/c1-9-7-10(13)5-6-11(9)15-8-12(2,3)14-4/h5-7,14-15H,8H2,1-4H3. The first-order valence-electron chi connectivity index (χ1n) is 5.13. The van der Waals surface area contributed by atoms with Crippen LogP contribution in [-0.4, -0.2) is 19.1 Å². The molecule has 0 atom stereocenters. The number of likely N-dealkylation sites (N-methyl/N-ethyl adjacent to an activating group) is 1. The summed E-state index contributed by atoms with van der Waals surface area (Å²) in [6.45, 7) is 7.37. The van der Waals surface area contributed by atoms with Crippen LogP contribution in [0.1, 0.15) is 19.4 Å². The molecular weight excluding hydrogens is 252 g/mol. The van der Waals surface area contributed by atoms with Gasteiger partial charge in [-0.05, 0) is 51.6 Å². The molecule has 1 rings (SSSR count). The molecule has 0 unspecified atom stereocenters. The van der Waals surface area contributed by atoms with Crippen molar-refractivity contribution < 1.29 is 0 Å². The first kappa shape index (κ1) is 12.5. The van der Waals surface area contributed by atoms with Gasteiger partial charge in [0.25, 0.3) is 0 Å². The predicted octanol–water partition coefficient (Wildman–Crippen LogP) is 3.17. The average Bonchev–Trinajstić information content (AvgIpc) is 2.16. The largest absolute Gasteiger partial charge is 0.383 e. The topological polar surface area (TPSA) is 24.1 Å². The second kappa shape index (κ2) is 4.99. The lowest BCUT2D eigenvalue weighted by Gasteiger charge is -2.25. The van der Waals surface area contributed by atoms with Crippen LogP contribution in [0.5, 0.6) is 0 Å². The Labute approximate surface area is 101 Å². The third kappa shape index (κ3) is 3.84. The van der Waals surface area contributed by atoms with Crippen molar-refractivity contribution in [2.75, 3.05) is 18.9 Å². The maximum absolute atomic E-state index is 3.46. The zero-order valence-corrected chi connectivity index (χ0v) is 11.4. The molecule has 2 nitrogen and oxygen atoms in total. The Morgan fingerprint density at radius 1 is 1.33 bits per heavy atom. The molecule has 1 aromatic rings. The van der Waals surface area contributed by atoms with E-state index in [1.165, 1.54) is 11.3 Å². The van der Waals surface area contributed by atoms with Crippen LogP contribution in [0.2, 0.25) is 0 Å². The Bertz CT molecular complexity index is 334. The van der Waals surface area contributed by atoms with Crippen molar-refractivity contribution in [1.29, 1.82) is 0 Å². The first-order chi connectivity index (χ1) is 6.94. The van der Waals surface area contributed by atoms with Gasteiger partial charge in [-0.1, -0.05) is 15.9 Å². The van der Waals surface area contributed by atoms with E-state index in [-0.39, 0.29) is 5.54 Å². The zero-order chi connectivity index (χ0) is 11.5. The minimum atomic E-state index is 0.111. The number of benzene rings is 1. The minimum absolute atomic E-state index is 0.111. The lowest BCUT2D eigenvalue weighted by atomic mass is 10.1. The average molecular weight is 271 g/mol. The van der Waals surface area contributed by atoms with Crippen molar-refractivity contribution in [2.24, 2.45) is 0 Å². The van der Waals surface area contributed by atoms with E-state index in [1.807, 2.05) is 7.05 Å². The van der Waals surface area contributed by atoms with Gasteiger partial charge in [0.1, 0.15) is 0 Å². The van der Waals surface area contributed by atoms with Gasteiger partial charge in [-0.25, -0.2) is 0 Å². The second-order valence-electron chi connectivity index (χ2n) is 4.45. The molecule has 3 heteroatoms. The van der Waals surface area contributed by atoms with Crippen molar-refractivity contribution in [2.45, 2.75) is 26.3 Å². The maximum atomic E-state index is 3.46. The Kier molecular flexibility index (Phi) is 4.17. The summed E-state index contributed by atoms with van der Waals surface area (Å²) in [6, 6.07) is 6.28. The fraction of sp³-hybridized carbons (Fsp3) is 0.500. The summed E-state index contributed by atoms with van der Waals surface area (Å²) in [5, 5.41) is 6.72. The third-order valence-corrected chi connectivity index (χ3v) is 3.08. The van der Waals surface area contributed by atoms with Crippen molar-refractivity contribution in [1.82, 2.24) is 5.32 Å². The van der Waals surface area contributed by atoms with Crippen LogP contribution < -0.4 is 10.6 Å². The number of rotatable bonds is 4. The van der Waals surface area contributed by atoms with Crippen LogP contribution in [0.15, 0.2) is 22.7 Å². The highest BCUT2D eigenvalue weighted by atomic mass is 79.9. The predicted molar refractivity (Wildman–Crippen MR) is 70.5 cm³/mol. The molecule has 0 fully saturated rings. The van der Waals surface area contributed by atoms with Gasteiger partial charge in [0.15, 0.2) is 0 Å². The van der Waals surface area contributed by atoms with Gasteiger partial charge in [0, 0.05) is 22.2 Å². The van der Waals surface area contributed by atoms with E-state index in [0.29, 0.717) is 0 Å². The summed E-state index contributed by atoms with van der Waals surface area (Å²) >= 11 is 3.46. The summed E-state index contributed by atoms with van der Waals surface area (Å²) in [5.41, 5.74) is 2.57. The highest BCUT2D eigenvalue weighted by Gasteiger charge is 2.14. The van der Waals surface area contributed by atoms with Gasteiger partial charge in [0.05, 0.1) is 0 Å². The highest BCUT2D eigenvalue weighted by molar-refractivity contribution is 9.10. The van der Waals surface area contributed by atoms with E-state index in [9.17, 15) is 0 Å². The molecule has 15 heavy (non-hydrogen) atoms. The molecule has 0 aliphatic heterocycles. The third-order valence-electron chi connectivity index (χ3n) is 2.59. The number of hydrogen-bond acceptors (Lipinski definition) is 2. The fourth-order valence-electron chi connectivity index (χ4n) is 1.23. The van der Waals surface area contributed by atoms with Crippen LogP contribution in [0.4, 0.5) is 5.69 Å². The van der Waals surface area contributed by atoms with Gasteiger partial charge in [-0.3, -0.25) is 0 Å². The lowest BCUT2D eigenvalue weighted by Crippen LogP contribution is -2.42. The summed E-state index contributed by atoms with van der Waals surface area (Å²) in [7, 11) is 1.98. The molecular formula is C12H19BrN2. The van der Waals surface area contributed by atoms with Crippen LogP contribution in [0.3, 0.4) is 0 Å². The van der Waals surface area contributed by atoms with Crippen LogP contribution >= 0.6 is 15.9 Å². The van der Waals surface area contributed by atoms with E-state index in [1.54, 1.807) is 0 Å². The lowest BCUT2D eigenvalue weighted by molar-refractivity contribution is 0.448. The molecule has 84 valence electrons. The van der Waals surface area contributed by atoms with E-state index < -0.39 is 0 Å². The summed E-state index contributed by atoms with van der Waals surface area (Å²) in [6.07, 6.45) is 0. The van der Waals surface area contributed by atoms with Crippen LogP contribution in [0, 0.1) is 6.92 Å². The van der Waals surface area contributed by atoms with E-state index in [0.717, 1.165) is 11.0 Å². The first-order valence-corrected chi connectivity index (χ1v) is 5.93. The van der Waals surface area contributed by atoms with Crippen molar-refractivity contribution in [3.8, 4) is 0 Å². The maximum Gasteiger partial charge on any atom is 0.0371 e. The zero-order valence-electron chi connectivity index (χ0n) is 9.82. The molecule has 0 radical (unpaired) electrons. The van der Waals surface area contributed by atoms with Crippen molar-refractivity contribution in [3.05, 3.63) is 28.2 Å². The molecule has 0 aliphatic carbocycles. The quantitative estimate of drug-likeness (QED) is 0.879. The van der Waals surface area contributed by atoms with Crippen LogP contribution in [0.25, 0.3) is 0 Å². The Hall–Kier alpha value is -0.540. The molecule has 0 amide bonds. The second-order valence-corrected chi connectivity index (χ2v) is 5.36. The smallest absolute Gasteiger partial charge is 0.0371 e. The number of anilines is 1. The van der Waals surface area contributed by atoms with Gasteiger partial charge < -0.3 is 10.6 Å². The Morgan fingerprint density at radius 2 is 2.00 bits per heavy atom. The summed E-state index contributed by atoms with van der Waals surface area (Å²) < 4.78 is 1.12. The molecule has 0 saturated carbocycles. The van der Waals surface area contributed by atoms with Gasteiger partial charge >= 0.3 is 0 Å². The molecule has 0 aliphatic rings. The minimum Gasteiger partial charge on any atom is -0.383 e. The summed E-state index contributed by atoms with van der Waals surface area (Å²) in [5.74, 6) is 0. The van der Waals surface area contributed by atoms with Crippen molar-refractivity contribution in [3.63, 3.8) is 0 Å². The molecule has 0 aromatic heterocycles.